The summed E-state index contributed by atoms with van der Waals surface area (Å²) >= 11 is 0. The number of hydrogen-bond donors (Lipinski definition) is 2. The number of urea groups is 1. The number of carbonyl (C=O) groups excluding carboxylic acids is 2. The molecule has 2 aromatic rings. The number of halogens is 2. The highest BCUT2D eigenvalue weighted by Gasteiger charge is 2.27. The molecular weight excluding hydrogens is 412 g/mol. The minimum absolute atomic E-state index is 0.00786. The van der Waals surface area contributed by atoms with Gasteiger partial charge >= 0.3 is 6.03 Å². The van der Waals surface area contributed by atoms with Crippen LogP contribution in [0.5, 0.6) is 5.75 Å². The standard InChI is InChI=1S/C16H17F2N5O5S/c17-12(18)9-28-10-2-1-3-11(6-10)29(26,27)5-4-13-19-14(22-21-13)7-23-8-15(24)20-16(23)25/h1-3,6,12H,4-5,7-9H2,(H,19,21,22)(H,20,24,25). The van der Waals surface area contributed by atoms with Gasteiger partial charge < -0.3 is 9.64 Å². The number of aromatic nitrogens is 3. The van der Waals surface area contributed by atoms with Crippen molar-refractivity contribution < 1.29 is 31.5 Å². The Labute approximate surface area is 164 Å². The fraction of sp³-hybridized carbons (Fsp3) is 0.375. The van der Waals surface area contributed by atoms with Gasteiger partial charge in [0.15, 0.2) is 15.7 Å². The number of aromatic amines is 1. The first kappa shape index (κ1) is 20.6. The number of imide groups is 1. The molecule has 1 aromatic carbocycles. The van der Waals surface area contributed by atoms with Crippen LogP contribution >= 0.6 is 0 Å². The molecule has 0 spiro atoms. The molecule has 0 unspecified atom stereocenters. The molecule has 156 valence electrons. The van der Waals surface area contributed by atoms with Gasteiger partial charge in [0.05, 0.1) is 17.2 Å². The molecule has 1 saturated heterocycles. The number of ether oxygens (including phenoxy) is 1. The number of benzene rings is 1. The predicted molar refractivity (Wildman–Crippen MR) is 94.0 cm³/mol. The zero-order valence-electron chi connectivity index (χ0n) is 15.0. The molecule has 0 radical (unpaired) electrons. The van der Waals surface area contributed by atoms with Gasteiger partial charge in [-0.1, -0.05) is 6.07 Å². The zero-order chi connectivity index (χ0) is 21.0. The maximum absolute atomic E-state index is 12.5. The molecular formula is C16H17F2N5O5S. The van der Waals surface area contributed by atoms with Crippen LogP contribution in [-0.4, -0.2) is 65.8 Å². The first-order chi connectivity index (χ1) is 13.7. The molecule has 1 aliphatic heterocycles. The van der Waals surface area contributed by atoms with E-state index in [-0.39, 0.29) is 41.7 Å². The summed E-state index contributed by atoms with van der Waals surface area (Å²) in [5.74, 6) is -0.166. The molecule has 29 heavy (non-hydrogen) atoms. The Kier molecular flexibility index (Phi) is 6.06. The lowest BCUT2D eigenvalue weighted by Gasteiger charge is -2.09. The first-order valence-electron chi connectivity index (χ1n) is 8.45. The van der Waals surface area contributed by atoms with Crippen molar-refractivity contribution in [1.29, 1.82) is 0 Å². The van der Waals surface area contributed by atoms with Crippen LogP contribution in [0.3, 0.4) is 0 Å². The molecule has 13 heteroatoms. The first-order valence-corrected chi connectivity index (χ1v) is 10.1. The van der Waals surface area contributed by atoms with E-state index >= 15 is 0 Å². The zero-order valence-corrected chi connectivity index (χ0v) is 15.8. The summed E-state index contributed by atoms with van der Waals surface area (Å²) in [6, 6.07) is 4.79. The van der Waals surface area contributed by atoms with Crippen LogP contribution in [0.25, 0.3) is 0 Å². The second-order valence-electron chi connectivity index (χ2n) is 6.15. The topological polar surface area (TPSA) is 134 Å². The fourth-order valence-electron chi connectivity index (χ4n) is 2.57. The van der Waals surface area contributed by atoms with Gasteiger partial charge in [-0.25, -0.2) is 27.0 Å². The van der Waals surface area contributed by atoms with E-state index in [1.807, 2.05) is 0 Å². The summed E-state index contributed by atoms with van der Waals surface area (Å²) in [6.45, 7) is -0.891. The number of rotatable bonds is 9. The van der Waals surface area contributed by atoms with Gasteiger partial charge in [-0.05, 0) is 18.2 Å². The van der Waals surface area contributed by atoms with Crippen molar-refractivity contribution in [2.75, 3.05) is 18.9 Å². The lowest BCUT2D eigenvalue weighted by Crippen LogP contribution is -2.28. The smallest absolute Gasteiger partial charge is 0.324 e. The average Bonchev–Trinajstić information content (AvgIpc) is 3.24. The van der Waals surface area contributed by atoms with Gasteiger partial charge in [-0.2, -0.15) is 5.10 Å². The van der Waals surface area contributed by atoms with Crippen molar-refractivity contribution in [1.82, 2.24) is 25.4 Å². The summed E-state index contributed by atoms with van der Waals surface area (Å²) in [6.07, 6.45) is -2.67. The Morgan fingerprint density at radius 1 is 1.28 bits per heavy atom. The maximum atomic E-state index is 12.5. The number of nitrogens with zero attached hydrogens (tertiary/aromatic N) is 3. The summed E-state index contributed by atoms with van der Waals surface area (Å²) in [5, 5.41) is 8.65. The van der Waals surface area contributed by atoms with Crippen LogP contribution in [-0.2, 0) is 27.6 Å². The molecule has 1 aromatic heterocycles. The van der Waals surface area contributed by atoms with E-state index in [1.165, 1.54) is 29.2 Å². The van der Waals surface area contributed by atoms with E-state index in [9.17, 15) is 26.8 Å². The van der Waals surface area contributed by atoms with Gasteiger partial charge in [0.2, 0.25) is 5.91 Å². The van der Waals surface area contributed by atoms with Gasteiger partial charge in [0.1, 0.15) is 24.7 Å². The number of carbonyl (C=O) groups is 2. The van der Waals surface area contributed by atoms with E-state index in [0.717, 1.165) is 0 Å². The van der Waals surface area contributed by atoms with Crippen LogP contribution in [0.4, 0.5) is 13.6 Å². The SMILES string of the molecule is O=C1CN(Cc2nc(CCS(=O)(=O)c3cccc(OCC(F)F)c3)n[nH]2)C(=O)N1. The third kappa shape index (κ3) is 5.47. The van der Waals surface area contributed by atoms with Crippen molar-refractivity contribution in [2.24, 2.45) is 0 Å². The van der Waals surface area contributed by atoms with Crippen LogP contribution in [0.15, 0.2) is 29.2 Å². The van der Waals surface area contributed by atoms with E-state index in [1.54, 1.807) is 0 Å². The average molecular weight is 429 g/mol. The van der Waals surface area contributed by atoms with Crippen molar-refractivity contribution in [3.63, 3.8) is 0 Å². The van der Waals surface area contributed by atoms with Crippen LogP contribution in [0, 0.1) is 0 Å². The molecule has 2 heterocycles. The van der Waals surface area contributed by atoms with Gasteiger partial charge in [0, 0.05) is 6.42 Å². The summed E-state index contributed by atoms with van der Waals surface area (Å²) in [7, 11) is -3.73. The van der Waals surface area contributed by atoms with Gasteiger partial charge in [-0.3, -0.25) is 15.2 Å². The predicted octanol–water partition coefficient (Wildman–Crippen LogP) is 0.517. The summed E-state index contributed by atoms with van der Waals surface area (Å²) in [4.78, 5) is 28.0. The molecule has 2 N–H and O–H groups in total. The number of amides is 3. The molecule has 1 fully saturated rings. The number of hydrogen-bond acceptors (Lipinski definition) is 7. The Morgan fingerprint density at radius 3 is 2.76 bits per heavy atom. The van der Waals surface area contributed by atoms with Crippen LogP contribution < -0.4 is 10.1 Å². The number of alkyl halides is 2. The third-order valence-electron chi connectivity index (χ3n) is 3.92. The van der Waals surface area contributed by atoms with Crippen LogP contribution in [0.2, 0.25) is 0 Å². The molecule has 3 amide bonds. The number of aryl methyl sites for hydroxylation is 1. The van der Waals surface area contributed by atoms with Crippen LogP contribution in [0.1, 0.15) is 11.6 Å². The number of H-pyrrole nitrogens is 1. The summed E-state index contributed by atoms with van der Waals surface area (Å²) in [5.41, 5.74) is 0. The van der Waals surface area contributed by atoms with E-state index in [2.05, 4.69) is 20.5 Å². The minimum Gasteiger partial charge on any atom is -0.488 e. The Balaban J connectivity index is 1.59. The quantitative estimate of drug-likeness (QED) is 0.555. The highest BCUT2D eigenvalue weighted by Crippen LogP contribution is 2.20. The molecule has 0 bridgehead atoms. The maximum Gasteiger partial charge on any atom is 0.324 e. The molecule has 10 nitrogen and oxygen atoms in total. The second kappa shape index (κ2) is 8.51. The van der Waals surface area contributed by atoms with E-state index in [0.29, 0.717) is 5.82 Å². The number of sulfone groups is 1. The highest BCUT2D eigenvalue weighted by atomic mass is 32.2. The largest absolute Gasteiger partial charge is 0.488 e. The lowest BCUT2D eigenvalue weighted by atomic mass is 10.3. The molecule has 0 aliphatic carbocycles. The van der Waals surface area contributed by atoms with Crippen molar-refractivity contribution in [3.05, 3.63) is 35.9 Å². The van der Waals surface area contributed by atoms with Crippen molar-refractivity contribution >= 4 is 21.8 Å². The fourth-order valence-corrected chi connectivity index (χ4v) is 3.84. The van der Waals surface area contributed by atoms with Gasteiger partial charge in [-0.15, -0.1) is 0 Å². The minimum atomic E-state index is -3.73. The number of nitrogens with one attached hydrogen (secondary N) is 2. The summed E-state index contributed by atoms with van der Waals surface area (Å²) < 4.78 is 54.3. The normalized spacial score (nSPS) is 14.5. The second-order valence-corrected chi connectivity index (χ2v) is 8.26. The van der Waals surface area contributed by atoms with Crippen molar-refractivity contribution in [2.45, 2.75) is 24.3 Å². The Bertz CT molecular complexity index is 1010. The van der Waals surface area contributed by atoms with E-state index in [4.69, 9.17) is 4.74 Å². The highest BCUT2D eigenvalue weighted by molar-refractivity contribution is 7.91. The van der Waals surface area contributed by atoms with E-state index < -0.39 is 34.8 Å². The van der Waals surface area contributed by atoms with Crippen molar-refractivity contribution in [3.8, 4) is 5.75 Å². The lowest BCUT2D eigenvalue weighted by molar-refractivity contribution is -0.118. The Hall–Kier alpha value is -3.09. The molecule has 3 rings (SSSR count). The molecule has 0 atom stereocenters. The third-order valence-corrected chi connectivity index (χ3v) is 5.64. The van der Waals surface area contributed by atoms with Gasteiger partial charge in [0.25, 0.3) is 6.43 Å². The molecule has 0 saturated carbocycles. The monoisotopic (exact) mass is 429 g/mol. The Morgan fingerprint density at radius 2 is 2.07 bits per heavy atom. The molecule has 1 aliphatic rings.